The second-order valence-electron chi connectivity index (χ2n) is 5.03. The molecule has 1 aromatic carbocycles. The number of ether oxygens (including phenoxy) is 1. The highest BCUT2D eigenvalue weighted by Gasteiger charge is 2.10. The van der Waals surface area contributed by atoms with Crippen molar-refractivity contribution in [3.63, 3.8) is 0 Å². The summed E-state index contributed by atoms with van der Waals surface area (Å²) in [7, 11) is 0. The van der Waals surface area contributed by atoms with Gasteiger partial charge in [-0.1, -0.05) is 21.1 Å². The summed E-state index contributed by atoms with van der Waals surface area (Å²) >= 11 is 3.54. The fourth-order valence-corrected chi connectivity index (χ4v) is 2.42. The maximum absolute atomic E-state index is 5.85. The van der Waals surface area contributed by atoms with E-state index in [1.54, 1.807) is 0 Å². The van der Waals surface area contributed by atoms with Gasteiger partial charge in [-0.3, -0.25) is 0 Å². The van der Waals surface area contributed by atoms with Crippen LogP contribution in [0.2, 0.25) is 0 Å². The average molecular weight is 339 g/mol. The van der Waals surface area contributed by atoms with E-state index in [0.29, 0.717) is 6.61 Å². The second kappa shape index (κ2) is 6.41. The first kappa shape index (κ1) is 15.1. The highest BCUT2D eigenvalue weighted by molar-refractivity contribution is 9.10. The minimum atomic E-state index is 0.115. The Morgan fingerprint density at radius 3 is 2.75 bits per heavy atom. The summed E-state index contributed by atoms with van der Waals surface area (Å²) in [5.74, 6) is 1.62. The summed E-state index contributed by atoms with van der Waals surface area (Å²) in [5.41, 5.74) is 8.87. The SMILES string of the molecule is Cc1noc(C)c1COc1ccc(Br)c(CC(C)N)c1. The van der Waals surface area contributed by atoms with Crippen molar-refractivity contribution in [3.05, 3.63) is 45.3 Å². The maximum Gasteiger partial charge on any atom is 0.140 e. The number of rotatable bonds is 5. The van der Waals surface area contributed by atoms with Crippen molar-refractivity contribution in [2.24, 2.45) is 5.73 Å². The summed E-state index contributed by atoms with van der Waals surface area (Å²) in [4.78, 5) is 0. The average Bonchev–Trinajstić information content (AvgIpc) is 2.70. The van der Waals surface area contributed by atoms with E-state index in [0.717, 1.165) is 39.2 Å². The summed E-state index contributed by atoms with van der Waals surface area (Å²) in [6.45, 7) is 6.25. The normalized spacial score (nSPS) is 12.4. The molecule has 1 atom stereocenters. The highest BCUT2D eigenvalue weighted by Crippen LogP contribution is 2.25. The number of aromatic nitrogens is 1. The lowest BCUT2D eigenvalue weighted by molar-refractivity contribution is 0.301. The number of nitrogens with zero attached hydrogens (tertiary/aromatic N) is 1. The van der Waals surface area contributed by atoms with Crippen LogP contribution >= 0.6 is 15.9 Å². The number of hydrogen-bond acceptors (Lipinski definition) is 4. The lowest BCUT2D eigenvalue weighted by Crippen LogP contribution is -2.18. The molecule has 0 bridgehead atoms. The van der Waals surface area contributed by atoms with Gasteiger partial charge in [0.25, 0.3) is 0 Å². The quantitative estimate of drug-likeness (QED) is 0.905. The van der Waals surface area contributed by atoms with Crippen molar-refractivity contribution in [2.45, 2.75) is 39.8 Å². The molecule has 0 saturated heterocycles. The zero-order valence-electron chi connectivity index (χ0n) is 11.9. The molecule has 1 heterocycles. The standard InChI is InChI=1S/C15H19BrN2O2/c1-9(17)6-12-7-13(4-5-15(12)16)19-8-14-10(2)18-20-11(14)3/h4-5,7,9H,6,8,17H2,1-3H3. The molecule has 0 radical (unpaired) electrons. The van der Waals surface area contributed by atoms with Gasteiger partial charge < -0.3 is 15.0 Å². The van der Waals surface area contributed by atoms with Gasteiger partial charge >= 0.3 is 0 Å². The molecule has 108 valence electrons. The monoisotopic (exact) mass is 338 g/mol. The van der Waals surface area contributed by atoms with Crippen molar-refractivity contribution >= 4 is 15.9 Å². The fourth-order valence-electron chi connectivity index (χ4n) is 2.01. The molecule has 1 aromatic heterocycles. The van der Waals surface area contributed by atoms with Crippen molar-refractivity contribution in [1.82, 2.24) is 5.16 Å². The zero-order valence-corrected chi connectivity index (χ0v) is 13.5. The first-order chi connectivity index (χ1) is 9.47. The molecular formula is C15H19BrN2O2. The smallest absolute Gasteiger partial charge is 0.140 e. The van der Waals surface area contributed by atoms with Crippen LogP contribution in [0, 0.1) is 13.8 Å². The van der Waals surface area contributed by atoms with E-state index in [9.17, 15) is 0 Å². The van der Waals surface area contributed by atoms with Gasteiger partial charge in [-0.15, -0.1) is 0 Å². The molecule has 1 unspecified atom stereocenters. The van der Waals surface area contributed by atoms with Crippen LogP contribution in [0.5, 0.6) is 5.75 Å². The molecule has 0 fully saturated rings. The van der Waals surface area contributed by atoms with Crippen LogP contribution in [0.3, 0.4) is 0 Å². The van der Waals surface area contributed by atoms with E-state index in [2.05, 4.69) is 21.1 Å². The largest absolute Gasteiger partial charge is 0.489 e. The predicted octanol–water partition coefficient (Wildman–Crippen LogP) is 3.52. The predicted molar refractivity (Wildman–Crippen MR) is 81.8 cm³/mol. The molecular weight excluding hydrogens is 320 g/mol. The summed E-state index contributed by atoms with van der Waals surface area (Å²) in [6.07, 6.45) is 0.809. The third-order valence-corrected chi connectivity index (χ3v) is 3.90. The van der Waals surface area contributed by atoms with Gasteiger partial charge in [-0.25, -0.2) is 0 Å². The minimum absolute atomic E-state index is 0.115. The van der Waals surface area contributed by atoms with Gasteiger partial charge in [-0.05, 0) is 51.0 Å². The Kier molecular flexibility index (Phi) is 4.83. The number of aryl methyl sites for hydroxylation is 2. The molecule has 0 amide bonds. The van der Waals surface area contributed by atoms with Crippen LogP contribution in [0.15, 0.2) is 27.2 Å². The van der Waals surface area contributed by atoms with Gasteiger partial charge in [0.2, 0.25) is 0 Å². The molecule has 0 aliphatic carbocycles. The first-order valence-electron chi connectivity index (χ1n) is 6.56. The Hall–Kier alpha value is -1.33. The number of benzene rings is 1. The Bertz CT molecular complexity index is 574. The molecule has 5 heteroatoms. The van der Waals surface area contributed by atoms with Crippen molar-refractivity contribution in [2.75, 3.05) is 0 Å². The Labute approximate surface area is 127 Å². The molecule has 0 aliphatic heterocycles. The third kappa shape index (κ3) is 3.61. The van der Waals surface area contributed by atoms with E-state index in [4.69, 9.17) is 15.0 Å². The van der Waals surface area contributed by atoms with Crippen LogP contribution in [0.4, 0.5) is 0 Å². The van der Waals surface area contributed by atoms with E-state index < -0.39 is 0 Å². The Morgan fingerprint density at radius 1 is 1.40 bits per heavy atom. The van der Waals surface area contributed by atoms with Crippen LogP contribution < -0.4 is 10.5 Å². The first-order valence-corrected chi connectivity index (χ1v) is 7.35. The van der Waals surface area contributed by atoms with E-state index in [1.165, 1.54) is 0 Å². The molecule has 2 N–H and O–H groups in total. The molecule has 0 saturated carbocycles. The van der Waals surface area contributed by atoms with Crippen LogP contribution in [0.1, 0.15) is 29.5 Å². The summed E-state index contributed by atoms with van der Waals surface area (Å²) in [5, 5.41) is 3.92. The van der Waals surface area contributed by atoms with Crippen LogP contribution in [-0.2, 0) is 13.0 Å². The van der Waals surface area contributed by atoms with E-state index in [1.807, 2.05) is 39.0 Å². The summed E-state index contributed by atoms with van der Waals surface area (Å²) < 4.78 is 12.0. The van der Waals surface area contributed by atoms with Crippen LogP contribution in [0.25, 0.3) is 0 Å². The highest BCUT2D eigenvalue weighted by atomic mass is 79.9. The van der Waals surface area contributed by atoms with E-state index >= 15 is 0 Å². The minimum Gasteiger partial charge on any atom is -0.489 e. The molecule has 4 nitrogen and oxygen atoms in total. The summed E-state index contributed by atoms with van der Waals surface area (Å²) in [6, 6.07) is 6.06. The number of hydrogen-bond donors (Lipinski definition) is 1. The van der Waals surface area contributed by atoms with Crippen molar-refractivity contribution < 1.29 is 9.26 Å². The zero-order chi connectivity index (χ0) is 14.7. The molecule has 2 aromatic rings. The second-order valence-corrected chi connectivity index (χ2v) is 5.88. The molecule has 2 rings (SSSR count). The van der Waals surface area contributed by atoms with Gasteiger partial charge in [0.15, 0.2) is 0 Å². The Morgan fingerprint density at radius 2 is 2.15 bits per heavy atom. The van der Waals surface area contributed by atoms with Gasteiger partial charge in [0.1, 0.15) is 18.1 Å². The van der Waals surface area contributed by atoms with Crippen LogP contribution in [-0.4, -0.2) is 11.2 Å². The fraction of sp³-hybridized carbons (Fsp3) is 0.400. The topological polar surface area (TPSA) is 61.3 Å². The lowest BCUT2D eigenvalue weighted by atomic mass is 10.1. The van der Waals surface area contributed by atoms with Gasteiger partial charge in [0, 0.05) is 10.5 Å². The van der Waals surface area contributed by atoms with Crippen molar-refractivity contribution in [3.8, 4) is 5.75 Å². The van der Waals surface area contributed by atoms with Gasteiger partial charge in [0.05, 0.1) is 11.3 Å². The van der Waals surface area contributed by atoms with E-state index in [-0.39, 0.29) is 6.04 Å². The van der Waals surface area contributed by atoms with Crippen molar-refractivity contribution in [1.29, 1.82) is 0 Å². The molecule has 0 aliphatic rings. The molecule has 20 heavy (non-hydrogen) atoms. The third-order valence-electron chi connectivity index (χ3n) is 3.12. The number of halogens is 1. The maximum atomic E-state index is 5.85. The lowest BCUT2D eigenvalue weighted by Gasteiger charge is -2.11. The Balaban J connectivity index is 2.10. The molecule has 0 spiro atoms. The van der Waals surface area contributed by atoms with Gasteiger partial charge in [-0.2, -0.15) is 0 Å². The number of nitrogens with two attached hydrogens (primary N) is 1.